The van der Waals surface area contributed by atoms with Gasteiger partial charge in [-0.15, -0.1) is 0 Å². The first-order chi connectivity index (χ1) is 6.24. The van der Waals surface area contributed by atoms with Crippen LogP contribution < -0.4 is 5.32 Å². The van der Waals surface area contributed by atoms with Crippen molar-refractivity contribution >= 4 is 12.1 Å². The molecule has 0 spiro atoms. The summed E-state index contributed by atoms with van der Waals surface area (Å²) in [5.41, 5.74) is 0.742. The summed E-state index contributed by atoms with van der Waals surface area (Å²) in [6.07, 6.45) is 0.554. The zero-order valence-corrected chi connectivity index (χ0v) is 6.77. The van der Waals surface area contributed by atoms with E-state index in [2.05, 4.69) is 5.32 Å². The van der Waals surface area contributed by atoms with Crippen molar-refractivity contribution in [2.75, 3.05) is 0 Å². The van der Waals surface area contributed by atoms with E-state index in [1.165, 1.54) is 12.1 Å². The first kappa shape index (κ1) is 9.18. The molecule has 0 bridgehead atoms. The molecule has 5 nitrogen and oxygen atoms in total. The molecular formula is C8H8N2O3. The number of hydrogen-bond donors (Lipinski definition) is 1. The molecule has 0 aliphatic rings. The van der Waals surface area contributed by atoms with Crippen molar-refractivity contribution in [3.63, 3.8) is 0 Å². The number of carbonyl (C=O) groups excluding carboxylic acids is 1. The van der Waals surface area contributed by atoms with Gasteiger partial charge in [0.1, 0.15) is 0 Å². The highest BCUT2D eigenvalue weighted by molar-refractivity contribution is 5.46. The van der Waals surface area contributed by atoms with Gasteiger partial charge in [0.2, 0.25) is 6.41 Å². The standard InChI is InChI=1S/C8H8N2O3/c11-6-9-5-7-2-1-3-8(4-7)10(12)13/h1-4,6H,5H2,(H,9,11). The highest BCUT2D eigenvalue weighted by atomic mass is 16.6. The zero-order chi connectivity index (χ0) is 9.68. The fourth-order valence-corrected chi connectivity index (χ4v) is 0.940. The monoisotopic (exact) mass is 180 g/mol. The van der Waals surface area contributed by atoms with E-state index in [4.69, 9.17) is 0 Å². The third-order valence-electron chi connectivity index (χ3n) is 1.51. The number of nitro benzene ring substituents is 1. The van der Waals surface area contributed by atoms with Crippen LogP contribution in [0.1, 0.15) is 5.56 Å². The number of nitrogens with zero attached hydrogens (tertiary/aromatic N) is 1. The van der Waals surface area contributed by atoms with E-state index in [0.29, 0.717) is 18.5 Å². The third-order valence-corrected chi connectivity index (χ3v) is 1.51. The van der Waals surface area contributed by atoms with Gasteiger partial charge in [0.15, 0.2) is 0 Å². The van der Waals surface area contributed by atoms with E-state index in [1.807, 2.05) is 0 Å². The summed E-state index contributed by atoms with van der Waals surface area (Å²) in [5.74, 6) is 0. The fraction of sp³-hybridized carbons (Fsp3) is 0.125. The fourth-order valence-electron chi connectivity index (χ4n) is 0.940. The quantitative estimate of drug-likeness (QED) is 0.424. The van der Waals surface area contributed by atoms with Crippen molar-refractivity contribution in [1.29, 1.82) is 0 Å². The van der Waals surface area contributed by atoms with Crippen molar-refractivity contribution in [2.45, 2.75) is 6.54 Å². The first-order valence-corrected chi connectivity index (χ1v) is 3.64. The Labute approximate surface area is 74.5 Å². The Kier molecular flexibility index (Phi) is 2.97. The molecule has 0 aliphatic carbocycles. The first-order valence-electron chi connectivity index (χ1n) is 3.64. The molecular weight excluding hydrogens is 172 g/mol. The van der Waals surface area contributed by atoms with Crippen molar-refractivity contribution in [3.8, 4) is 0 Å². The van der Waals surface area contributed by atoms with E-state index < -0.39 is 4.92 Å². The molecule has 1 rings (SSSR count). The Bertz CT molecular complexity index is 325. The van der Waals surface area contributed by atoms with E-state index in [0.717, 1.165) is 0 Å². The van der Waals surface area contributed by atoms with Crippen LogP contribution in [0.15, 0.2) is 24.3 Å². The Morgan fingerprint density at radius 2 is 2.31 bits per heavy atom. The van der Waals surface area contributed by atoms with E-state index in [9.17, 15) is 14.9 Å². The lowest BCUT2D eigenvalue weighted by Crippen LogP contribution is -2.09. The second kappa shape index (κ2) is 4.20. The van der Waals surface area contributed by atoms with Crippen molar-refractivity contribution in [1.82, 2.24) is 5.32 Å². The predicted octanol–water partition coefficient (Wildman–Crippen LogP) is 0.841. The van der Waals surface area contributed by atoms with Crippen molar-refractivity contribution in [3.05, 3.63) is 39.9 Å². The summed E-state index contributed by atoms with van der Waals surface area (Å²) >= 11 is 0. The van der Waals surface area contributed by atoms with Crippen LogP contribution >= 0.6 is 0 Å². The largest absolute Gasteiger partial charge is 0.355 e. The molecule has 0 fully saturated rings. The topological polar surface area (TPSA) is 72.2 Å². The van der Waals surface area contributed by atoms with Crippen LogP contribution in [0.3, 0.4) is 0 Å². The second-order valence-corrected chi connectivity index (χ2v) is 2.43. The highest BCUT2D eigenvalue weighted by Gasteiger charge is 2.04. The summed E-state index contributed by atoms with van der Waals surface area (Å²) in [5, 5.41) is 12.8. The third kappa shape index (κ3) is 2.55. The van der Waals surface area contributed by atoms with Crippen LogP contribution in [0.2, 0.25) is 0 Å². The van der Waals surface area contributed by atoms with Gasteiger partial charge in [-0.2, -0.15) is 0 Å². The average Bonchev–Trinajstić information content (AvgIpc) is 2.15. The number of non-ortho nitro benzene ring substituents is 1. The molecule has 1 aromatic rings. The molecule has 0 saturated heterocycles. The van der Waals surface area contributed by atoms with Crippen LogP contribution in [0, 0.1) is 10.1 Å². The Morgan fingerprint density at radius 3 is 2.92 bits per heavy atom. The van der Waals surface area contributed by atoms with Gasteiger partial charge >= 0.3 is 0 Å². The number of nitrogens with one attached hydrogen (secondary N) is 1. The molecule has 0 aromatic heterocycles. The molecule has 1 N–H and O–H groups in total. The van der Waals surface area contributed by atoms with Gasteiger partial charge in [-0.25, -0.2) is 0 Å². The van der Waals surface area contributed by atoms with Crippen molar-refractivity contribution in [2.24, 2.45) is 0 Å². The molecule has 0 unspecified atom stereocenters. The Balaban J connectivity index is 2.79. The minimum Gasteiger partial charge on any atom is -0.355 e. The number of nitro groups is 1. The van der Waals surface area contributed by atoms with E-state index in [-0.39, 0.29) is 5.69 Å². The smallest absolute Gasteiger partial charge is 0.269 e. The summed E-state index contributed by atoms with van der Waals surface area (Å²) in [4.78, 5) is 19.8. The lowest BCUT2D eigenvalue weighted by atomic mass is 10.2. The van der Waals surface area contributed by atoms with Gasteiger partial charge in [-0.3, -0.25) is 14.9 Å². The lowest BCUT2D eigenvalue weighted by molar-refractivity contribution is -0.384. The minimum atomic E-state index is -0.468. The molecule has 1 aromatic carbocycles. The summed E-state index contributed by atoms with van der Waals surface area (Å²) < 4.78 is 0. The number of amides is 1. The maximum atomic E-state index is 10.3. The number of carbonyl (C=O) groups is 1. The SMILES string of the molecule is O=CNCc1cccc([N+](=O)[O-])c1. The molecule has 13 heavy (non-hydrogen) atoms. The molecule has 0 saturated carbocycles. The second-order valence-electron chi connectivity index (χ2n) is 2.43. The normalized spacial score (nSPS) is 9.23. The van der Waals surface area contributed by atoms with Gasteiger partial charge < -0.3 is 5.32 Å². The maximum Gasteiger partial charge on any atom is 0.269 e. The Hall–Kier alpha value is -1.91. The van der Waals surface area contributed by atoms with E-state index in [1.54, 1.807) is 12.1 Å². The molecule has 68 valence electrons. The number of rotatable bonds is 4. The van der Waals surface area contributed by atoms with Crippen LogP contribution in [0.5, 0.6) is 0 Å². The predicted molar refractivity (Wildman–Crippen MR) is 46.0 cm³/mol. The van der Waals surface area contributed by atoms with Gasteiger partial charge in [0.05, 0.1) is 4.92 Å². The minimum absolute atomic E-state index is 0.0326. The van der Waals surface area contributed by atoms with Gasteiger partial charge in [-0.1, -0.05) is 12.1 Å². The maximum absolute atomic E-state index is 10.3. The van der Waals surface area contributed by atoms with Crippen LogP contribution in [0.25, 0.3) is 0 Å². The van der Waals surface area contributed by atoms with Gasteiger partial charge in [0.25, 0.3) is 5.69 Å². The molecule has 1 amide bonds. The molecule has 0 aliphatic heterocycles. The van der Waals surface area contributed by atoms with Gasteiger partial charge in [0, 0.05) is 18.7 Å². The molecule has 5 heteroatoms. The molecule has 0 atom stereocenters. The van der Waals surface area contributed by atoms with Gasteiger partial charge in [-0.05, 0) is 5.56 Å². The summed E-state index contributed by atoms with van der Waals surface area (Å²) in [6.45, 7) is 0.311. The Morgan fingerprint density at radius 1 is 1.54 bits per heavy atom. The summed E-state index contributed by atoms with van der Waals surface area (Å²) in [6, 6.07) is 6.13. The average molecular weight is 180 g/mol. The van der Waals surface area contributed by atoms with Crippen molar-refractivity contribution < 1.29 is 9.72 Å². The highest BCUT2D eigenvalue weighted by Crippen LogP contribution is 2.12. The molecule has 0 heterocycles. The lowest BCUT2D eigenvalue weighted by Gasteiger charge is -1.98. The zero-order valence-electron chi connectivity index (χ0n) is 6.77. The van der Waals surface area contributed by atoms with E-state index >= 15 is 0 Å². The van der Waals surface area contributed by atoms with Crippen LogP contribution in [-0.4, -0.2) is 11.3 Å². The summed E-state index contributed by atoms with van der Waals surface area (Å²) in [7, 11) is 0. The number of benzene rings is 1. The number of hydrogen-bond acceptors (Lipinski definition) is 3. The van der Waals surface area contributed by atoms with Crippen LogP contribution in [0.4, 0.5) is 5.69 Å². The molecule has 0 radical (unpaired) electrons. The van der Waals surface area contributed by atoms with Crippen LogP contribution in [-0.2, 0) is 11.3 Å².